The Hall–Kier alpha value is -2.26. The fourth-order valence-electron chi connectivity index (χ4n) is 3.43. The van der Waals surface area contributed by atoms with E-state index in [0.29, 0.717) is 32.2 Å². The van der Waals surface area contributed by atoms with Crippen molar-refractivity contribution in [3.8, 4) is 5.88 Å². The molecule has 0 spiro atoms. The summed E-state index contributed by atoms with van der Waals surface area (Å²) in [5.74, 6) is 1.32. The van der Waals surface area contributed by atoms with Gasteiger partial charge >= 0.3 is 0 Å². The van der Waals surface area contributed by atoms with Crippen LogP contribution in [0.4, 0.5) is 5.82 Å². The second-order valence-corrected chi connectivity index (χ2v) is 7.91. The van der Waals surface area contributed by atoms with Crippen molar-refractivity contribution < 1.29 is 14.3 Å². The molecule has 0 saturated carbocycles. The normalized spacial score (nSPS) is 20.1. The van der Waals surface area contributed by atoms with Gasteiger partial charge in [-0.05, 0) is 13.8 Å². The minimum Gasteiger partial charge on any atom is -0.470 e. The van der Waals surface area contributed by atoms with Crippen molar-refractivity contribution in [2.75, 3.05) is 44.3 Å². The molecule has 1 amide bonds. The minimum absolute atomic E-state index is 0.0387. The Bertz CT molecular complexity index is 821. The van der Waals surface area contributed by atoms with Crippen molar-refractivity contribution in [1.29, 1.82) is 0 Å². The Balaban J connectivity index is 1.43. The van der Waals surface area contributed by atoms with E-state index in [4.69, 9.17) is 9.47 Å². The highest BCUT2D eigenvalue weighted by Crippen LogP contribution is 2.27. The number of carbonyl (C=O) groups is 1. The lowest BCUT2D eigenvalue weighted by Gasteiger charge is -2.29. The first-order chi connectivity index (χ1) is 13.1. The standard InChI is InChI=1S/C18H23N5O3S/c1-12-15(27-13(2)21-12)18(24)23-6-3-14(11-23)26-17-16(19-4-5-20-17)22-7-9-25-10-8-22/h4-5,14H,3,6-11H2,1-2H3. The van der Waals surface area contributed by atoms with Crippen LogP contribution in [0.25, 0.3) is 0 Å². The summed E-state index contributed by atoms with van der Waals surface area (Å²) in [7, 11) is 0. The van der Waals surface area contributed by atoms with Crippen molar-refractivity contribution in [3.63, 3.8) is 0 Å². The van der Waals surface area contributed by atoms with Crippen LogP contribution in [0.2, 0.25) is 0 Å². The minimum atomic E-state index is -0.0836. The van der Waals surface area contributed by atoms with Crippen LogP contribution in [0.5, 0.6) is 5.88 Å². The third-order valence-corrected chi connectivity index (χ3v) is 5.83. The summed E-state index contributed by atoms with van der Waals surface area (Å²) < 4.78 is 11.6. The maximum absolute atomic E-state index is 12.8. The number of aryl methyl sites for hydroxylation is 2. The summed E-state index contributed by atoms with van der Waals surface area (Å²) in [6.07, 6.45) is 4.01. The largest absolute Gasteiger partial charge is 0.470 e. The number of amides is 1. The third kappa shape index (κ3) is 3.89. The van der Waals surface area contributed by atoms with Gasteiger partial charge < -0.3 is 19.3 Å². The molecule has 0 bridgehead atoms. The van der Waals surface area contributed by atoms with Crippen LogP contribution in [-0.4, -0.2) is 71.3 Å². The number of ether oxygens (including phenoxy) is 2. The van der Waals surface area contributed by atoms with Crippen LogP contribution < -0.4 is 9.64 Å². The molecule has 1 atom stereocenters. The molecule has 2 aromatic rings. The second kappa shape index (κ2) is 7.77. The zero-order chi connectivity index (χ0) is 18.8. The molecule has 0 N–H and O–H groups in total. The number of hydrogen-bond donors (Lipinski definition) is 0. The van der Waals surface area contributed by atoms with E-state index < -0.39 is 0 Å². The first-order valence-corrected chi connectivity index (χ1v) is 9.97. The second-order valence-electron chi connectivity index (χ2n) is 6.71. The molecule has 2 saturated heterocycles. The highest BCUT2D eigenvalue weighted by molar-refractivity contribution is 7.13. The number of rotatable bonds is 4. The number of morpholine rings is 1. The fourth-order valence-corrected chi connectivity index (χ4v) is 4.32. The van der Waals surface area contributed by atoms with E-state index >= 15 is 0 Å². The number of carbonyl (C=O) groups excluding carboxylic acids is 1. The van der Waals surface area contributed by atoms with Crippen LogP contribution in [0, 0.1) is 13.8 Å². The van der Waals surface area contributed by atoms with Crippen molar-refractivity contribution in [2.24, 2.45) is 0 Å². The van der Waals surface area contributed by atoms with Gasteiger partial charge in [0, 0.05) is 38.4 Å². The van der Waals surface area contributed by atoms with Crippen LogP contribution in [0.15, 0.2) is 12.4 Å². The van der Waals surface area contributed by atoms with E-state index in [0.717, 1.165) is 40.9 Å². The summed E-state index contributed by atoms with van der Waals surface area (Å²) in [6.45, 7) is 7.93. The molecule has 27 heavy (non-hydrogen) atoms. The quantitative estimate of drug-likeness (QED) is 0.787. The van der Waals surface area contributed by atoms with Gasteiger partial charge in [0.05, 0.1) is 30.5 Å². The van der Waals surface area contributed by atoms with Gasteiger partial charge in [0.2, 0.25) is 0 Å². The lowest BCUT2D eigenvalue weighted by molar-refractivity contribution is 0.0774. The van der Waals surface area contributed by atoms with E-state index in [1.54, 1.807) is 12.4 Å². The lowest BCUT2D eigenvalue weighted by atomic mass is 10.3. The maximum atomic E-state index is 12.8. The summed E-state index contributed by atoms with van der Waals surface area (Å²) in [6, 6.07) is 0. The van der Waals surface area contributed by atoms with Crippen molar-refractivity contribution in [1.82, 2.24) is 19.9 Å². The summed E-state index contributed by atoms with van der Waals surface area (Å²) >= 11 is 1.45. The smallest absolute Gasteiger partial charge is 0.265 e. The Morgan fingerprint density at radius 1 is 1.22 bits per heavy atom. The maximum Gasteiger partial charge on any atom is 0.265 e. The average Bonchev–Trinajstić information content (AvgIpc) is 3.28. The van der Waals surface area contributed by atoms with Crippen molar-refractivity contribution in [2.45, 2.75) is 26.4 Å². The van der Waals surface area contributed by atoms with Crippen LogP contribution in [-0.2, 0) is 4.74 Å². The number of hydrogen-bond acceptors (Lipinski definition) is 8. The number of aromatic nitrogens is 3. The van der Waals surface area contributed by atoms with Crippen LogP contribution in [0.3, 0.4) is 0 Å². The number of likely N-dealkylation sites (tertiary alicyclic amines) is 1. The molecule has 9 heteroatoms. The summed E-state index contributed by atoms with van der Waals surface area (Å²) in [5, 5.41) is 0.914. The number of thiazole rings is 1. The molecule has 4 rings (SSSR count). The van der Waals surface area contributed by atoms with Gasteiger partial charge in [-0.3, -0.25) is 4.79 Å². The average molecular weight is 389 g/mol. The Kier molecular flexibility index (Phi) is 5.22. The van der Waals surface area contributed by atoms with Gasteiger partial charge in [0.1, 0.15) is 11.0 Å². The predicted octanol–water partition coefficient (Wildman–Crippen LogP) is 1.68. The van der Waals surface area contributed by atoms with Gasteiger partial charge in [-0.1, -0.05) is 0 Å². The fraction of sp³-hybridized carbons (Fsp3) is 0.556. The molecule has 2 aliphatic heterocycles. The Labute approximate surface area is 162 Å². The molecule has 2 aliphatic rings. The Morgan fingerprint density at radius 3 is 2.74 bits per heavy atom. The van der Waals surface area contributed by atoms with Crippen molar-refractivity contribution in [3.05, 3.63) is 28.0 Å². The van der Waals surface area contributed by atoms with E-state index in [1.165, 1.54) is 11.3 Å². The van der Waals surface area contributed by atoms with Gasteiger partial charge in [-0.25, -0.2) is 15.0 Å². The number of anilines is 1. The SMILES string of the molecule is Cc1nc(C)c(C(=O)N2CCC(Oc3nccnc3N3CCOCC3)C2)s1. The first-order valence-electron chi connectivity index (χ1n) is 9.15. The molecule has 8 nitrogen and oxygen atoms in total. The van der Waals surface area contributed by atoms with E-state index in [-0.39, 0.29) is 12.0 Å². The summed E-state index contributed by atoms with van der Waals surface area (Å²) in [4.78, 5) is 30.7. The topological polar surface area (TPSA) is 80.7 Å². The zero-order valence-electron chi connectivity index (χ0n) is 15.6. The zero-order valence-corrected chi connectivity index (χ0v) is 16.4. The molecule has 144 valence electrons. The molecular formula is C18H23N5O3S. The molecule has 0 radical (unpaired) electrons. The Morgan fingerprint density at radius 2 is 2.00 bits per heavy atom. The van der Waals surface area contributed by atoms with Crippen molar-refractivity contribution >= 4 is 23.1 Å². The molecule has 0 aromatic carbocycles. The molecule has 2 fully saturated rings. The number of nitrogens with zero attached hydrogens (tertiary/aromatic N) is 5. The highest BCUT2D eigenvalue weighted by atomic mass is 32.1. The lowest BCUT2D eigenvalue weighted by Crippen LogP contribution is -2.37. The van der Waals surface area contributed by atoms with Gasteiger partial charge in [-0.15, -0.1) is 11.3 Å². The van der Waals surface area contributed by atoms with E-state index in [1.807, 2.05) is 18.7 Å². The van der Waals surface area contributed by atoms with E-state index in [2.05, 4.69) is 19.9 Å². The summed E-state index contributed by atoms with van der Waals surface area (Å²) in [5.41, 5.74) is 0.801. The van der Waals surface area contributed by atoms with E-state index in [9.17, 15) is 4.79 Å². The molecule has 1 unspecified atom stereocenters. The molecule has 2 aromatic heterocycles. The van der Waals surface area contributed by atoms with Crippen LogP contribution >= 0.6 is 11.3 Å². The van der Waals surface area contributed by atoms with Gasteiger partial charge in [0.15, 0.2) is 5.82 Å². The first kappa shape index (κ1) is 18.1. The monoisotopic (exact) mass is 389 g/mol. The highest BCUT2D eigenvalue weighted by Gasteiger charge is 2.31. The molecule has 4 heterocycles. The molecule has 0 aliphatic carbocycles. The molecular weight excluding hydrogens is 366 g/mol. The third-order valence-electron chi connectivity index (χ3n) is 4.77. The predicted molar refractivity (Wildman–Crippen MR) is 102 cm³/mol. The van der Waals surface area contributed by atoms with Gasteiger partial charge in [0.25, 0.3) is 11.8 Å². The van der Waals surface area contributed by atoms with Crippen LogP contribution in [0.1, 0.15) is 26.8 Å². The van der Waals surface area contributed by atoms with Gasteiger partial charge in [-0.2, -0.15) is 0 Å².